The van der Waals surface area contributed by atoms with E-state index in [2.05, 4.69) is 73.1 Å². The molecule has 0 saturated heterocycles. The molecular weight excluding hydrogens is 552 g/mol. The Morgan fingerprint density at radius 1 is 0.533 bits per heavy atom. The minimum Gasteiger partial charge on any atom is -0.448 e. The number of rotatable bonds is 34. The molecule has 4 nitrogen and oxygen atoms in total. The summed E-state index contributed by atoms with van der Waals surface area (Å²) in [7, 11) is 1.88. The SMILES string of the molecule is CCCCC/C=C\C/C=C\CCCCCCCCC(CCCCCCCC/C=C\C/C=C\CCCCC)NC(=O)OCCNC. The van der Waals surface area contributed by atoms with E-state index in [9.17, 15) is 4.79 Å². The molecule has 2 N–H and O–H groups in total. The van der Waals surface area contributed by atoms with E-state index in [1.807, 2.05) is 7.05 Å². The number of amides is 1. The monoisotopic (exact) mass is 629 g/mol. The van der Waals surface area contributed by atoms with E-state index in [-0.39, 0.29) is 12.1 Å². The molecule has 0 saturated carbocycles. The van der Waals surface area contributed by atoms with Gasteiger partial charge in [-0.15, -0.1) is 0 Å². The lowest BCUT2D eigenvalue weighted by Crippen LogP contribution is -2.36. The summed E-state index contributed by atoms with van der Waals surface area (Å²) in [5.41, 5.74) is 0. The minimum absolute atomic E-state index is 0.240. The summed E-state index contributed by atoms with van der Waals surface area (Å²) in [4.78, 5) is 12.3. The van der Waals surface area contributed by atoms with Crippen LogP contribution in [0.15, 0.2) is 48.6 Å². The summed E-state index contributed by atoms with van der Waals surface area (Å²) in [6.07, 6.45) is 50.9. The van der Waals surface area contributed by atoms with Crippen molar-refractivity contribution in [1.29, 1.82) is 0 Å². The molecule has 0 aliphatic heterocycles. The third-order valence-corrected chi connectivity index (χ3v) is 8.41. The summed E-state index contributed by atoms with van der Waals surface area (Å²) in [5.74, 6) is 0. The van der Waals surface area contributed by atoms with Crippen LogP contribution in [0.25, 0.3) is 0 Å². The number of unbranched alkanes of at least 4 members (excludes halogenated alkanes) is 18. The van der Waals surface area contributed by atoms with Crippen molar-refractivity contribution in [3.05, 3.63) is 48.6 Å². The van der Waals surface area contributed by atoms with E-state index in [1.165, 1.54) is 141 Å². The summed E-state index contributed by atoms with van der Waals surface area (Å²) in [6, 6.07) is 0.240. The predicted molar refractivity (Wildman–Crippen MR) is 200 cm³/mol. The van der Waals surface area contributed by atoms with Crippen molar-refractivity contribution in [2.24, 2.45) is 0 Å². The van der Waals surface area contributed by atoms with Crippen molar-refractivity contribution in [2.45, 2.75) is 187 Å². The summed E-state index contributed by atoms with van der Waals surface area (Å²) in [6.45, 7) is 5.63. The zero-order chi connectivity index (χ0) is 32.7. The standard InChI is InChI=1S/C41H76N2O2/c1-4-6-8-10-12-14-16-18-20-22-24-26-28-30-32-34-36-40(43-41(44)45-39-38-42-3)37-35-33-31-29-27-25-23-21-19-17-15-13-11-9-7-5-2/h12-15,18-21,40,42H,4-11,16-17,22-39H2,1-3H3,(H,43,44)/b14-12-,15-13-,20-18-,21-19-. The molecule has 0 aromatic heterocycles. The van der Waals surface area contributed by atoms with Gasteiger partial charge in [0.2, 0.25) is 0 Å². The van der Waals surface area contributed by atoms with Gasteiger partial charge in [-0.25, -0.2) is 4.79 Å². The van der Waals surface area contributed by atoms with E-state index in [0.717, 1.165) is 25.7 Å². The van der Waals surface area contributed by atoms with E-state index >= 15 is 0 Å². The number of likely N-dealkylation sites (N-methyl/N-ethyl adjacent to an activating group) is 1. The van der Waals surface area contributed by atoms with Gasteiger partial charge < -0.3 is 15.4 Å². The van der Waals surface area contributed by atoms with Crippen molar-refractivity contribution in [2.75, 3.05) is 20.2 Å². The predicted octanol–water partition coefficient (Wildman–Crippen LogP) is 12.7. The van der Waals surface area contributed by atoms with Crippen LogP contribution in [-0.4, -0.2) is 32.3 Å². The second-order valence-corrected chi connectivity index (χ2v) is 12.8. The highest BCUT2D eigenvalue weighted by Crippen LogP contribution is 2.16. The Bertz CT molecular complexity index is 664. The molecule has 0 aromatic carbocycles. The number of carbonyl (C=O) groups excluding carboxylic acids is 1. The number of allylic oxidation sites excluding steroid dienone is 8. The van der Waals surface area contributed by atoms with Crippen LogP contribution in [0.1, 0.15) is 181 Å². The fraction of sp³-hybridized carbons (Fsp3) is 0.780. The average Bonchev–Trinajstić information content (AvgIpc) is 3.04. The third kappa shape index (κ3) is 36.5. The molecule has 0 heterocycles. The molecule has 0 spiro atoms. The van der Waals surface area contributed by atoms with E-state index in [4.69, 9.17) is 4.74 Å². The molecule has 0 bridgehead atoms. The van der Waals surface area contributed by atoms with Crippen LogP contribution in [-0.2, 0) is 4.74 Å². The van der Waals surface area contributed by atoms with E-state index in [1.54, 1.807) is 0 Å². The lowest BCUT2D eigenvalue weighted by molar-refractivity contribution is 0.141. The quantitative estimate of drug-likeness (QED) is 0.0550. The lowest BCUT2D eigenvalue weighted by Gasteiger charge is -2.19. The fourth-order valence-electron chi connectivity index (χ4n) is 5.50. The van der Waals surface area contributed by atoms with Gasteiger partial charge >= 0.3 is 6.09 Å². The van der Waals surface area contributed by atoms with Crippen molar-refractivity contribution >= 4 is 6.09 Å². The van der Waals surface area contributed by atoms with Crippen LogP contribution in [0.3, 0.4) is 0 Å². The van der Waals surface area contributed by atoms with Crippen LogP contribution in [0, 0.1) is 0 Å². The van der Waals surface area contributed by atoms with E-state index in [0.29, 0.717) is 13.2 Å². The Morgan fingerprint density at radius 3 is 1.31 bits per heavy atom. The Hall–Kier alpha value is -1.81. The molecule has 0 aliphatic carbocycles. The number of hydrogen-bond donors (Lipinski definition) is 2. The van der Waals surface area contributed by atoms with Gasteiger partial charge in [0.15, 0.2) is 0 Å². The average molecular weight is 629 g/mol. The molecule has 0 unspecified atom stereocenters. The largest absolute Gasteiger partial charge is 0.448 e. The van der Waals surface area contributed by atoms with Crippen LogP contribution < -0.4 is 10.6 Å². The van der Waals surface area contributed by atoms with Gasteiger partial charge in [-0.2, -0.15) is 0 Å². The summed E-state index contributed by atoms with van der Waals surface area (Å²) >= 11 is 0. The maximum atomic E-state index is 12.3. The fourth-order valence-corrected chi connectivity index (χ4v) is 5.50. The summed E-state index contributed by atoms with van der Waals surface area (Å²) in [5, 5.41) is 6.20. The lowest BCUT2D eigenvalue weighted by atomic mass is 10.00. The maximum Gasteiger partial charge on any atom is 0.407 e. The molecule has 4 heteroatoms. The van der Waals surface area contributed by atoms with Crippen LogP contribution in [0.4, 0.5) is 4.79 Å². The molecule has 0 radical (unpaired) electrons. The van der Waals surface area contributed by atoms with Gasteiger partial charge in [0.25, 0.3) is 0 Å². The highest BCUT2D eigenvalue weighted by atomic mass is 16.5. The first-order valence-corrected chi connectivity index (χ1v) is 19.4. The molecule has 0 aromatic rings. The Kier molecular flexibility index (Phi) is 36.8. The molecule has 0 fully saturated rings. The van der Waals surface area contributed by atoms with Gasteiger partial charge in [0.05, 0.1) is 0 Å². The second kappa shape index (κ2) is 38.4. The Balaban J connectivity index is 3.95. The molecule has 0 rings (SSSR count). The number of nitrogens with one attached hydrogen (secondary N) is 2. The molecule has 0 atom stereocenters. The first-order valence-electron chi connectivity index (χ1n) is 19.4. The zero-order valence-electron chi connectivity index (χ0n) is 30.3. The maximum absolute atomic E-state index is 12.3. The minimum atomic E-state index is -0.254. The number of carbonyl (C=O) groups is 1. The van der Waals surface area contributed by atoms with Crippen LogP contribution >= 0.6 is 0 Å². The van der Waals surface area contributed by atoms with Crippen molar-refractivity contribution in [3.63, 3.8) is 0 Å². The van der Waals surface area contributed by atoms with Crippen molar-refractivity contribution in [1.82, 2.24) is 10.6 Å². The van der Waals surface area contributed by atoms with Crippen molar-refractivity contribution < 1.29 is 9.53 Å². The van der Waals surface area contributed by atoms with Crippen LogP contribution in [0.5, 0.6) is 0 Å². The van der Waals surface area contributed by atoms with Gasteiger partial charge in [-0.3, -0.25) is 0 Å². The molecule has 1 amide bonds. The van der Waals surface area contributed by atoms with E-state index < -0.39 is 0 Å². The number of ether oxygens (including phenoxy) is 1. The second-order valence-electron chi connectivity index (χ2n) is 12.8. The number of alkyl carbamates (subject to hydrolysis) is 1. The van der Waals surface area contributed by atoms with Gasteiger partial charge in [-0.05, 0) is 84.1 Å². The first kappa shape index (κ1) is 43.2. The smallest absolute Gasteiger partial charge is 0.407 e. The number of hydrogen-bond acceptors (Lipinski definition) is 3. The topological polar surface area (TPSA) is 50.4 Å². The Labute approximate surface area is 281 Å². The highest BCUT2D eigenvalue weighted by Gasteiger charge is 2.13. The highest BCUT2D eigenvalue weighted by molar-refractivity contribution is 5.67. The van der Waals surface area contributed by atoms with Gasteiger partial charge in [0.1, 0.15) is 6.61 Å². The van der Waals surface area contributed by atoms with Gasteiger partial charge in [-0.1, -0.05) is 152 Å². The molecule has 262 valence electrons. The van der Waals surface area contributed by atoms with Crippen LogP contribution in [0.2, 0.25) is 0 Å². The first-order chi connectivity index (χ1) is 22.2. The normalized spacial score (nSPS) is 12.2. The Morgan fingerprint density at radius 2 is 0.911 bits per heavy atom. The van der Waals surface area contributed by atoms with Crippen molar-refractivity contribution in [3.8, 4) is 0 Å². The zero-order valence-corrected chi connectivity index (χ0v) is 30.3. The molecule has 45 heavy (non-hydrogen) atoms. The molecular formula is C41H76N2O2. The third-order valence-electron chi connectivity index (χ3n) is 8.41. The molecule has 0 aliphatic rings. The van der Waals surface area contributed by atoms with Gasteiger partial charge in [0, 0.05) is 12.6 Å². The summed E-state index contributed by atoms with van der Waals surface area (Å²) < 4.78 is 5.35.